The SMILES string of the molecule is CN(C)c1ccc2nc(Cc3ccccc3)c(N)n2c1. The Kier molecular flexibility index (Phi) is 3.06. The highest BCUT2D eigenvalue weighted by atomic mass is 15.1. The number of hydrogen-bond donors (Lipinski definition) is 1. The highest BCUT2D eigenvalue weighted by Crippen LogP contribution is 2.21. The summed E-state index contributed by atoms with van der Waals surface area (Å²) in [5.74, 6) is 0.715. The fourth-order valence-electron chi connectivity index (χ4n) is 2.28. The molecule has 20 heavy (non-hydrogen) atoms. The number of rotatable bonds is 3. The van der Waals surface area contributed by atoms with Gasteiger partial charge in [-0.15, -0.1) is 0 Å². The lowest BCUT2D eigenvalue weighted by Gasteiger charge is -2.12. The third-order valence-electron chi connectivity index (χ3n) is 3.45. The van der Waals surface area contributed by atoms with Gasteiger partial charge >= 0.3 is 0 Å². The summed E-state index contributed by atoms with van der Waals surface area (Å²) in [5.41, 5.74) is 10.4. The maximum atomic E-state index is 6.24. The maximum absolute atomic E-state index is 6.24. The molecule has 0 aliphatic rings. The monoisotopic (exact) mass is 266 g/mol. The van der Waals surface area contributed by atoms with Gasteiger partial charge in [-0.1, -0.05) is 30.3 Å². The zero-order valence-corrected chi connectivity index (χ0v) is 11.7. The van der Waals surface area contributed by atoms with Crippen molar-refractivity contribution in [2.24, 2.45) is 0 Å². The van der Waals surface area contributed by atoms with E-state index in [-0.39, 0.29) is 0 Å². The number of imidazole rings is 1. The van der Waals surface area contributed by atoms with E-state index in [4.69, 9.17) is 5.73 Å². The van der Waals surface area contributed by atoms with Crippen molar-refractivity contribution in [2.45, 2.75) is 6.42 Å². The number of pyridine rings is 1. The number of fused-ring (bicyclic) bond motifs is 1. The van der Waals surface area contributed by atoms with Crippen LogP contribution in [0, 0.1) is 0 Å². The molecule has 3 rings (SSSR count). The van der Waals surface area contributed by atoms with Crippen molar-refractivity contribution in [1.29, 1.82) is 0 Å². The largest absolute Gasteiger partial charge is 0.383 e. The van der Waals surface area contributed by atoms with E-state index in [1.807, 2.05) is 55.0 Å². The van der Waals surface area contributed by atoms with E-state index in [0.717, 1.165) is 23.4 Å². The quantitative estimate of drug-likeness (QED) is 0.792. The minimum atomic E-state index is 0.715. The van der Waals surface area contributed by atoms with Crippen LogP contribution < -0.4 is 10.6 Å². The molecule has 4 nitrogen and oxygen atoms in total. The van der Waals surface area contributed by atoms with E-state index in [1.54, 1.807) is 0 Å². The van der Waals surface area contributed by atoms with Crippen molar-refractivity contribution in [3.05, 3.63) is 59.9 Å². The standard InChI is InChI=1S/C16H18N4/c1-19(2)13-8-9-15-18-14(16(17)20(15)11-13)10-12-6-4-3-5-7-12/h3-9,11H,10,17H2,1-2H3. The summed E-state index contributed by atoms with van der Waals surface area (Å²) in [6.07, 6.45) is 2.78. The van der Waals surface area contributed by atoms with Crippen LogP contribution in [0.4, 0.5) is 11.5 Å². The van der Waals surface area contributed by atoms with Gasteiger partial charge in [-0.3, -0.25) is 4.40 Å². The molecule has 0 aliphatic heterocycles. The highest BCUT2D eigenvalue weighted by molar-refractivity contribution is 5.58. The predicted molar refractivity (Wildman–Crippen MR) is 83.2 cm³/mol. The van der Waals surface area contributed by atoms with Gasteiger partial charge in [0, 0.05) is 26.7 Å². The molecular weight excluding hydrogens is 248 g/mol. The average molecular weight is 266 g/mol. The number of anilines is 2. The lowest BCUT2D eigenvalue weighted by molar-refractivity contribution is 1.09. The van der Waals surface area contributed by atoms with Crippen LogP contribution in [0.25, 0.3) is 5.65 Å². The molecule has 0 saturated carbocycles. The van der Waals surface area contributed by atoms with E-state index in [0.29, 0.717) is 5.82 Å². The van der Waals surface area contributed by atoms with Crippen LogP contribution in [0.1, 0.15) is 11.3 Å². The highest BCUT2D eigenvalue weighted by Gasteiger charge is 2.10. The number of benzene rings is 1. The first-order valence-corrected chi connectivity index (χ1v) is 6.63. The minimum Gasteiger partial charge on any atom is -0.383 e. The van der Waals surface area contributed by atoms with E-state index >= 15 is 0 Å². The van der Waals surface area contributed by atoms with Crippen LogP contribution >= 0.6 is 0 Å². The molecule has 3 aromatic rings. The second-order valence-electron chi connectivity index (χ2n) is 5.12. The third-order valence-corrected chi connectivity index (χ3v) is 3.45. The summed E-state index contributed by atoms with van der Waals surface area (Å²) in [6, 6.07) is 14.3. The van der Waals surface area contributed by atoms with Crippen molar-refractivity contribution in [1.82, 2.24) is 9.38 Å². The minimum absolute atomic E-state index is 0.715. The third kappa shape index (κ3) is 2.20. The van der Waals surface area contributed by atoms with Crippen molar-refractivity contribution in [3.63, 3.8) is 0 Å². The Balaban J connectivity index is 2.02. The lowest BCUT2D eigenvalue weighted by Crippen LogP contribution is -2.09. The summed E-state index contributed by atoms with van der Waals surface area (Å²) < 4.78 is 1.95. The zero-order chi connectivity index (χ0) is 14.1. The summed E-state index contributed by atoms with van der Waals surface area (Å²) in [5, 5.41) is 0. The van der Waals surface area contributed by atoms with Gasteiger partial charge in [0.2, 0.25) is 0 Å². The summed E-state index contributed by atoms with van der Waals surface area (Å²) >= 11 is 0. The van der Waals surface area contributed by atoms with E-state index in [1.165, 1.54) is 5.56 Å². The Morgan fingerprint density at radius 1 is 1.10 bits per heavy atom. The van der Waals surface area contributed by atoms with Gasteiger partial charge in [-0.25, -0.2) is 4.98 Å². The van der Waals surface area contributed by atoms with E-state index in [9.17, 15) is 0 Å². The van der Waals surface area contributed by atoms with Crippen LogP contribution in [-0.2, 0) is 6.42 Å². The number of aromatic nitrogens is 2. The number of nitrogens with zero attached hydrogens (tertiary/aromatic N) is 3. The number of nitrogens with two attached hydrogens (primary N) is 1. The second kappa shape index (κ2) is 4.89. The Bertz CT molecular complexity index is 729. The van der Waals surface area contributed by atoms with Crippen molar-refractivity contribution >= 4 is 17.2 Å². The molecule has 0 bridgehead atoms. The number of hydrogen-bond acceptors (Lipinski definition) is 3. The Labute approximate surface area is 118 Å². The molecule has 2 heterocycles. The molecule has 2 aromatic heterocycles. The van der Waals surface area contributed by atoms with Crippen LogP contribution in [0.3, 0.4) is 0 Å². The first kappa shape index (κ1) is 12.5. The van der Waals surface area contributed by atoms with Crippen LogP contribution in [-0.4, -0.2) is 23.5 Å². The van der Waals surface area contributed by atoms with Gasteiger partial charge in [-0.2, -0.15) is 0 Å². The van der Waals surface area contributed by atoms with Crippen LogP contribution in [0.15, 0.2) is 48.7 Å². The van der Waals surface area contributed by atoms with E-state index in [2.05, 4.69) is 22.0 Å². The molecule has 0 amide bonds. The lowest BCUT2D eigenvalue weighted by atomic mass is 10.1. The smallest absolute Gasteiger partial charge is 0.138 e. The molecule has 1 aromatic carbocycles. The molecule has 0 aliphatic carbocycles. The Hall–Kier alpha value is -2.49. The molecule has 0 radical (unpaired) electrons. The molecule has 0 atom stereocenters. The fourth-order valence-corrected chi connectivity index (χ4v) is 2.28. The molecular formula is C16H18N4. The van der Waals surface area contributed by atoms with Crippen LogP contribution in [0.2, 0.25) is 0 Å². The maximum Gasteiger partial charge on any atom is 0.138 e. The summed E-state index contributed by atoms with van der Waals surface area (Å²) in [7, 11) is 4.03. The summed E-state index contributed by atoms with van der Waals surface area (Å²) in [4.78, 5) is 6.68. The van der Waals surface area contributed by atoms with Gasteiger partial charge in [0.15, 0.2) is 0 Å². The first-order valence-electron chi connectivity index (χ1n) is 6.63. The van der Waals surface area contributed by atoms with Gasteiger partial charge in [0.25, 0.3) is 0 Å². The molecule has 4 heteroatoms. The normalized spacial score (nSPS) is 10.9. The average Bonchev–Trinajstić information content (AvgIpc) is 2.76. The first-order chi connectivity index (χ1) is 9.65. The van der Waals surface area contributed by atoms with Crippen LogP contribution in [0.5, 0.6) is 0 Å². The molecule has 102 valence electrons. The second-order valence-corrected chi connectivity index (χ2v) is 5.12. The van der Waals surface area contributed by atoms with Gasteiger partial charge in [0.05, 0.1) is 11.4 Å². The molecule has 0 spiro atoms. The molecule has 0 unspecified atom stereocenters. The van der Waals surface area contributed by atoms with Crippen molar-refractivity contribution in [2.75, 3.05) is 24.7 Å². The molecule has 0 saturated heterocycles. The number of nitrogen functional groups attached to an aromatic ring is 1. The molecule has 2 N–H and O–H groups in total. The van der Waals surface area contributed by atoms with Gasteiger partial charge < -0.3 is 10.6 Å². The van der Waals surface area contributed by atoms with E-state index < -0.39 is 0 Å². The van der Waals surface area contributed by atoms with Gasteiger partial charge in [0.1, 0.15) is 11.5 Å². The van der Waals surface area contributed by atoms with Crippen molar-refractivity contribution < 1.29 is 0 Å². The zero-order valence-electron chi connectivity index (χ0n) is 11.7. The van der Waals surface area contributed by atoms with Gasteiger partial charge in [-0.05, 0) is 17.7 Å². The fraction of sp³-hybridized carbons (Fsp3) is 0.188. The topological polar surface area (TPSA) is 46.6 Å². The Morgan fingerprint density at radius 2 is 1.85 bits per heavy atom. The van der Waals surface area contributed by atoms with Crippen molar-refractivity contribution in [3.8, 4) is 0 Å². The Morgan fingerprint density at radius 3 is 2.55 bits per heavy atom. The molecule has 0 fully saturated rings. The predicted octanol–water partition coefficient (Wildman–Crippen LogP) is 2.57. The summed E-state index contributed by atoms with van der Waals surface area (Å²) in [6.45, 7) is 0.